The van der Waals surface area contributed by atoms with Gasteiger partial charge in [0, 0.05) is 6.20 Å². The van der Waals surface area contributed by atoms with Crippen LogP contribution in [0.2, 0.25) is 0 Å². The van der Waals surface area contributed by atoms with Gasteiger partial charge >= 0.3 is 0 Å². The molecule has 0 radical (unpaired) electrons. The first kappa shape index (κ1) is 6.47. The van der Waals surface area contributed by atoms with Gasteiger partial charge in [0.2, 0.25) is 5.95 Å². The minimum Gasteiger partial charge on any atom is -0.368 e. The number of carbonyl (C=O) groups excluding carboxylic acids is 1. The van der Waals surface area contributed by atoms with Crippen molar-refractivity contribution in [2.75, 3.05) is 5.73 Å². The van der Waals surface area contributed by atoms with E-state index in [0.29, 0.717) is 0 Å². The van der Waals surface area contributed by atoms with Crippen molar-refractivity contribution in [3.8, 4) is 0 Å². The molecule has 0 saturated heterocycles. The van der Waals surface area contributed by atoms with Crippen molar-refractivity contribution in [2.24, 2.45) is 5.73 Å². The Bertz CT molecular complexity index is 260. The van der Waals surface area contributed by atoms with Crippen LogP contribution in [0.15, 0.2) is 12.3 Å². The van der Waals surface area contributed by atoms with Crippen LogP contribution in [0.25, 0.3) is 0 Å². The summed E-state index contributed by atoms with van der Waals surface area (Å²) in [5.41, 5.74) is 10.2. The number of nitrogens with zero attached hydrogens (tertiary/aromatic N) is 2. The number of nitrogen functional groups attached to an aromatic ring is 1. The van der Waals surface area contributed by atoms with Gasteiger partial charge in [0.25, 0.3) is 5.91 Å². The lowest BCUT2D eigenvalue weighted by Crippen LogP contribution is -2.14. The number of nitrogens with two attached hydrogens (primary N) is 2. The van der Waals surface area contributed by atoms with Crippen LogP contribution in [0.3, 0.4) is 0 Å². The number of aromatic nitrogens is 2. The number of anilines is 1. The van der Waals surface area contributed by atoms with Crippen molar-refractivity contribution in [3.63, 3.8) is 0 Å². The quantitative estimate of drug-likeness (QED) is 0.528. The van der Waals surface area contributed by atoms with Crippen molar-refractivity contribution < 1.29 is 4.79 Å². The van der Waals surface area contributed by atoms with Crippen LogP contribution in [-0.2, 0) is 0 Å². The van der Waals surface area contributed by atoms with E-state index in [1.165, 1.54) is 12.3 Å². The first-order valence-electron chi connectivity index (χ1n) is 2.58. The number of hydrogen-bond acceptors (Lipinski definition) is 4. The average Bonchev–Trinajstić information content (AvgIpc) is 1.88. The zero-order valence-electron chi connectivity index (χ0n) is 5.11. The van der Waals surface area contributed by atoms with Crippen LogP contribution >= 0.6 is 0 Å². The third kappa shape index (κ3) is 1.19. The Morgan fingerprint density at radius 3 is 2.70 bits per heavy atom. The average molecular weight is 138 g/mol. The lowest BCUT2D eigenvalue weighted by Gasteiger charge is -1.92. The molecule has 5 nitrogen and oxygen atoms in total. The monoisotopic (exact) mass is 138 g/mol. The van der Waals surface area contributed by atoms with Gasteiger partial charge in [-0.15, -0.1) is 0 Å². The Labute approximate surface area is 57.1 Å². The smallest absolute Gasteiger partial charge is 0.267 e. The molecule has 0 aliphatic rings. The van der Waals surface area contributed by atoms with Crippen molar-refractivity contribution in [2.45, 2.75) is 0 Å². The molecule has 1 aromatic heterocycles. The fourth-order valence-corrected chi connectivity index (χ4v) is 0.511. The molecule has 1 amide bonds. The number of amides is 1. The second-order valence-electron chi connectivity index (χ2n) is 1.66. The van der Waals surface area contributed by atoms with E-state index in [1.54, 1.807) is 0 Å². The van der Waals surface area contributed by atoms with E-state index in [0.717, 1.165) is 0 Å². The highest BCUT2D eigenvalue weighted by molar-refractivity contribution is 5.90. The summed E-state index contributed by atoms with van der Waals surface area (Å²) in [6.07, 6.45) is 1.38. The van der Waals surface area contributed by atoms with Crippen LogP contribution in [0.1, 0.15) is 10.5 Å². The van der Waals surface area contributed by atoms with E-state index >= 15 is 0 Å². The molecule has 10 heavy (non-hydrogen) atoms. The summed E-state index contributed by atoms with van der Waals surface area (Å²) < 4.78 is 0. The molecule has 0 aromatic carbocycles. The van der Waals surface area contributed by atoms with E-state index < -0.39 is 5.91 Å². The molecule has 1 rings (SSSR count). The maximum absolute atomic E-state index is 10.4. The molecule has 1 aromatic rings. The second-order valence-corrected chi connectivity index (χ2v) is 1.66. The van der Waals surface area contributed by atoms with E-state index in [-0.39, 0.29) is 11.6 Å². The Kier molecular flexibility index (Phi) is 1.49. The first-order valence-corrected chi connectivity index (χ1v) is 2.58. The molecule has 1 heterocycles. The number of hydrogen-bond donors (Lipinski definition) is 2. The van der Waals surface area contributed by atoms with Gasteiger partial charge < -0.3 is 11.5 Å². The summed E-state index contributed by atoms with van der Waals surface area (Å²) >= 11 is 0. The summed E-state index contributed by atoms with van der Waals surface area (Å²) in [7, 11) is 0. The Morgan fingerprint density at radius 2 is 2.30 bits per heavy atom. The molecule has 5 heteroatoms. The fraction of sp³-hybridized carbons (Fsp3) is 0. The molecular weight excluding hydrogens is 132 g/mol. The standard InChI is InChI=1S/C5H6N4O/c6-4(10)3-1-2-8-5(7)9-3/h1-2H,(H2,6,10)(H2,7,8,9). The Morgan fingerprint density at radius 1 is 1.60 bits per heavy atom. The summed E-state index contributed by atoms with van der Waals surface area (Å²) in [5.74, 6) is -0.551. The number of rotatable bonds is 1. The Hall–Kier alpha value is -1.65. The van der Waals surface area contributed by atoms with Gasteiger partial charge in [0.15, 0.2) is 0 Å². The topological polar surface area (TPSA) is 94.9 Å². The van der Waals surface area contributed by atoms with Gasteiger partial charge in [0.1, 0.15) is 5.69 Å². The predicted molar refractivity (Wildman–Crippen MR) is 35.0 cm³/mol. The molecule has 0 atom stereocenters. The van der Waals surface area contributed by atoms with E-state index in [9.17, 15) is 4.79 Å². The second kappa shape index (κ2) is 2.30. The molecule has 0 aliphatic carbocycles. The normalized spacial score (nSPS) is 9.20. The largest absolute Gasteiger partial charge is 0.368 e. The highest BCUT2D eigenvalue weighted by Gasteiger charge is 2.00. The molecular formula is C5H6N4O. The van der Waals surface area contributed by atoms with Gasteiger partial charge in [-0.2, -0.15) is 0 Å². The maximum Gasteiger partial charge on any atom is 0.267 e. The number of carbonyl (C=O) groups is 1. The summed E-state index contributed by atoms with van der Waals surface area (Å²) in [6, 6.07) is 1.40. The molecule has 0 saturated carbocycles. The van der Waals surface area contributed by atoms with Crippen LogP contribution in [0, 0.1) is 0 Å². The van der Waals surface area contributed by atoms with Crippen LogP contribution in [-0.4, -0.2) is 15.9 Å². The van der Waals surface area contributed by atoms with Crippen molar-refractivity contribution in [1.29, 1.82) is 0 Å². The van der Waals surface area contributed by atoms with Crippen LogP contribution in [0.4, 0.5) is 5.95 Å². The predicted octanol–water partition coefficient (Wildman–Crippen LogP) is -0.842. The Balaban J connectivity index is 3.07. The SMILES string of the molecule is NC(=O)c1ccnc(N)n1. The molecule has 0 unspecified atom stereocenters. The molecule has 52 valence electrons. The molecule has 4 N–H and O–H groups in total. The lowest BCUT2D eigenvalue weighted by molar-refractivity contribution is 0.0995. The van der Waals surface area contributed by atoms with E-state index in [4.69, 9.17) is 11.5 Å². The molecule has 0 fully saturated rings. The first-order chi connectivity index (χ1) is 4.70. The van der Waals surface area contributed by atoms with Gasteiger partial charge in [-0.05, 0) is 6.07 Å². The van der Waals surface area contributed by atoms with Crippen LogP contribution in [0.5, 0.6) is 0 Å². The zero-order chi connectivity index (χ0) is 7.56. The summed E-state index contributed by atoms with van der Waals surface area (Å²) in [6.45, 7) is 0. The van der Waals surface area contributed by atoms with Gasteiger partial charge in [-0.1, -0.05) is 0 Å². The third-order valence-electron chi connectivity index (χ3n) is 0.927. The molecule has 0 spiro atoms. The minimum absolute atomic E-state index is 0.0521. The summed E-state index contributed by atoms with van der Waals surface area (Å²) in [5, 5.41) is 0. The summed E-state index contributed by atoms with van der Waals surface area (Å²) in [4.78, 5) is 17.6. The van der Waals surface area contributed by atoms with Gasteiger partial charge in [0.05, 0.1) is 0 Å². The fourth-order valence-electron chi connectivity index (χ4n) is 0.511. The highest BCUT2D eigenvalue weighted by Crippen LogP contribution is 1.93. The lowest BCUT2D eigenvalue weighted by atomic mass is 10.4. The van der Waals surface area contributed by atoms with Crippen LogP contribution < -0.4 is 11.5 Å². The van der Waals surface area contributed by atoms with Crippen molar-refractivity contribution in [3.05, 3.63) is 18.0 Å². The molecule has 0 aliphatic heterocycles. The van der Waals surface area contributed by atoms with Crippen molar-refractivity contribution >= 4 is 11.9 Å². The third-order valence-corrected chi connectivity index (χ3v) is 0.927. The van der Waals surface area contributed by atoms with Gasteiger partial charge in [-0.25, -0.2) is 9.97 Å². The van der Waals surface area contributed by atoms with Gasteiger partial charge in [-0.3, -0.25) is 4.79 Å². The van der Waals surface area contributed by atoms with E-state index in [1.807, 2.05) is 0 Å². The highest BCUT2D eigenvalue weighted by atomic mass is 16.1. The van der Waals surface area contributed by atoms with Crippen molar-refractivity contribution in [1.82, 2.24) is 9.97 Å². The maximum atomic E-state index is 10.4. The zero-order valence-corrected chi connectivity index (χ0v) is 5.11. The van der Waals surface area contributed by atoms with E-state index in [2.05, 4.69) is 9.97 Å². The minimum atomic E-state index is -0.603. The number of primary amides is 1. The molecule has 0 bridgehead atoms.